The molecule has 0 rings (SSSR count). The van der Waals surface area contributed by atoms with Gasteiger partial charge in [0.15, 0.2) is 5.78 Å². The summed E-state index contributed by atoms with van der Waals surface area (Å²) in [6.45, 7) is 9.94. The molecule has 0 aromatic rings. The van der Waals surface area contributed by atoms with Crippen LogP contribution in [0.25, 0.3) is 0 Å². The van der Waals surface area contributed by atoms with Crippen molar-refractivity contribution in [1.82, 2.24) is 0 Å². The number of rotatable bonds is 3. The Hall–Kier alpha value is -0.590. The molecule has 0 saturated heterocycles. The molecule has 1 nitrogen and oxygen atoms in total. The van der Waals surface area contributed by atoms with Crippen LogP contribution in [0.5, 0.6) is 0 Å². The van der Waals surface area contributed by atoms with Crippen molar-refractivity contribution in [1.29, 1.82) is 0 Å². The number of hydrogen-bond acceptors (Lipinski definition) is 1. The van der Waals surface area contributed by atoms with Crippen LogP contribution in [0, 0.1) is 11.8 Å². The quantitative estimate of drug-likeness (QED) is 0.571. The van der Waals surface area contributed by atoms with Crippen molar-refractivity contribution in [3.63, 3.8) is 0 Å². The molecule has 1 heteroatoms. The third-order valence-corrected chi connectivity index (χ3v) is 2.12. The molecule has 0 N–H and O–H groups in total. The Bertz CT molecular complexity index is 166. The summed E-state index contributed by atoms with van der Waals surface area (Å²) in [5, 5.41) is 0. The number of carbonyl (C=O) groups is 1. The van der Waals surface area contributed by atoms with Gasteiger partial charge in [0.2, 0.25) is 0 Å². The molecule has 0 aliphatic heterocycles. The highest BCUT2D eigenvalue weighted by Crippen LogP contribution is 2.13. The Balaban J connectivity index is 4.19. The molecule has 64 valence electrons. The second-order valence-electron chi connectivity index (χ2n) is 3.51. The van der Waals surface area contributed by atoms with E-state index in [1.54, 1.807) is 6.92 Å². The van der Waals surface area contributed by atoms with E-state index >= 15 is 0 Å². The molecule has 0 aromatic carbocycles. The van der Waals surface area contributed by atoms with Gasteiger partial charge in [0.05, 0.1) is 0 Å². The smallest absolute Gasteiger partial charge is 0.155 e. The van der Waals surface area contributed by atoms with Gasteiger partial charge in [0, 0.05) is 0 Å². The van der Waals surface area contributed by atoms with Crippen molar-refractivity contribution in [2.45, 2.75) is 34.6 Å². The molecule has 0 saturated carbocycles. The van der Waals surface area contributed by atoms with Crippen LogP contribution in [-0.4, -0.2) is 5.78 Å². The summed E-state index contributed by atoms with van der Waals surface area (Å²) in [4.78, 5) is 10.8. The normalized spacial score (nSPS) is 15.3. The fourth-order valence-corrected chi connectivity index (χ4v) is 0.704. The van der Waals surface area contributed by atoms with Crippen LogP contribution < -0.4 is 0 Å². The Morgan fingerprint density at radius 3 is 1.91 bits per heavy atom. The van der Waals surface area contributed by atoms with Crippen LogP contribution in [0.4, 0.5) is 0 Å². The van der Waals surface area contributed by atoms with Crippen LogP contribution >= 0.6 is 0 Å². The lowest BCUT2D eigenvalue weighted by molar-refractivity contribution is -0.113. The number of allylic oxidation sites excluding steroid dienone is 2. The Kier molecular flexibility index (Phi) is 4.09. The molecule has 0 bridgehead atoms. The van der Waals surface area contributed by atoms with Crippen LogP contribution in [0.15, 0.2) is 11.6 Å². The molecule has 0 aromatic heterocycles. The molecule has 0 amide bonds. The highest BCUT2D eigenvalue weighted by molar-refractivity contribution is 5.92. The van der Waals surface area contributed by atoms with Crippen LogP contribution in [0.1, 0.15) is 34.6 Å². The fraction of sp³-hybridized carbons (Fsp3) is 0.700. The molecule has 0 spiro atoms. The van der Waals surface area contributed by atoms with Gasteiger partial charge < -0.3 is 0 Å². The van der Waals surface area contributed by atoms with E-state index in [4.69, 9.17) is 0 Å². The fourth-order valence-electron chi connectivity index (χ4n) is 0.704. The van der Waals surface area contributed by atoms with E-state index < -0.39 is 0 Å². The first-order valence-electron chi connectivity index (χ1n) is 4.14. The van der Waals surface area contributed by atoms with Crippen LogP contribution in [0.2, 0.25) is 0 Å². The maximum absolute atomic E-state index is 10.8. The summed E-state index contributed by atoms with van der Waals surface area (Å²) in [6, 6.07) is 0. The minimum absolute atomic E-state index is 0.178. The van der Waals surface area contributed by atoms with E-state index in [-0.39, 0.29) is 5.78 Å². The summed E-state index contributed by atoms with van der Waals surface area (Å²) < 4.78 is 0. The van der Waals surface area contributed by atoms with E-state index in [2.05, 4.69) is 20.8 Å². The molecule has 11 heavy (non-hydrogen) atoms. The summed E-state index contributed by atoms with van der Waals surface area (Å²) in [7, 11) is 0. The van der Waals surface area contributed by atoms with Gasteiger partial charge in [0.1, 0.15) is 0 Å². The zero-order valence-corrected chi connectivity index (χ0v) is 8.14. The van der Waals surface area contributed by atoms with Gasteiger partial charge in [-0.15, -0.1) is 0 Å². The molecule has 0 fully saturated rings. The van der Waals surface area contributed by atoms with E-state index in [9.17, 15) is 4.79 Å². The van der Waals surface area contributed by atoms with Crippen molar-refractivity contribution in [2.75, 3.05) is 0 Å². The van der Waals surface area contributed by atoms with Gasteiger partial charge in [-0.1, -0.05) is 26.8 Å². The molecule has 0 heterocycles. The van der Waals surface area contributed by atoms with Crippen molar-refractivity contribution >= 4 is 5.78 Å². The lowest BCUT2D eigenvalue weighted by Crippen LogP contribution is -2.03. The average Bonchev–Trinajstić information content (AvgIpc) is 1.87. The van der Waals surface area contributed by atoms with Crippen molar-refractivity contribution in [3.8, 4) is 0 Å². The number of hydrogen-bond donors (Lipinski definition) is 0. The first kappa shape index (κ1) is 10.4. The van der Waals surface area contributed by atoms with Gasteiger partial charge >= 0.3 is 0 Å². The maximum atomic E-state index is 10.8. The van der Waals surface area contributed by atoms with Crippen molar-refractivity contribution in [2.24, 2.45) is 11.8 Å². The predicted molar refractivity (Wildman–Crippen MR) is 48.4 cm³/mol. The van der Waals surface area contributed by atoms with Gasteiger partial charge in [-0.2, -0.15) is 0 Å². The average molecular weight is 154 g/mol. The van der Waals surface area contributed by atoms with Gasteiger partial charge in [0.25, 0.3) is 0 Å². The number of carbonyl (C=O) groups excluding carboxylic acids is 1. The molecular formula is C10H18O. The van der Waals surface area contributed by atoms with E-state index in [1.807, 2.05) is 13.0 Å². The van der Waals surface area contributed by atoms with E-state index in [1.165, 1.54) is 0 Å². The van der Waals surface area contributed by atoms with E-state index in [0.717, 1.165) is 5.57 Å². The summed E-state index contributed by atoms with van der Waals surface area (Å²) in [5.74, 6) is 1.29. The lowest BCUT2D eigenvalue weighted by atomic mass is 9.95. The van der Waals surface area contributed by atoms with Gasteiger partial charge in [-0.25, -0.2) is 0 Å². The summed E-state index contributed by atoms with van der Waals surface area (Å²) in [6.07, 6.45) is 2.05. The largest absolute Gasteiger partial charge is 0.295 e. The topological polar surface area (TPSA) is 17.1 Å². The molecule has 1 atom stereocenters. The Labute approximate surface area is 69.5 Å². The van der Waals surface area contributed by atoms with Gasteiger partial charge in [-0.3, -0.25) is 4.79 Å². The molecule has 1 unspecified atom stereocenters. The van der Waals surface area contributed by atoms with Crippen molar-refractivity contribution in [3.05, 3.63) is 11.6 Å². The Morgan fingerprint density at radius 1 is 1.18 bits per heavy atom. The first-order valence-corrected chi connectivity index (χ1v) is 4.14. The minimum atomic E-state index is 0.178. The SMILES string of the molecule is CC(=O)/C(C)=C/C(C)C(C)C. The number of ketones is 1. The van der Waals surface area contributed by atoms with Crippen LogP contribution in [0.3, 0.4) is 0 Å². The second-order valence-corrected chi connectivity index (χ2v) is 3.51. The van der Waals surface area contributed by atoms with Gasteiger partial charge in [-0.05, 0) is 31.3 Å². The summed E-state index contributed by atoms with van der Waals surface area (Å²) in [5.41, 5.74) is 0.881. The Morgan fingerprint density at radius 2 is 1.64 bits per heavy atom. The molecule has 0 aliphatic carbocycles. The third kappa shape index (κ3) is 3.97. The predicted octanol–water partition coefficient (Wildman–Crippen LogP) is 2.81. The third-order valence-electron chi connectivity index (χ3n) is 2.12. The zero-order valence-electron chi connectivity index (χ0n) is 8.14. The zero-order chi connectivity index (χ0) is 9.02. The summed E-state index contributed by atoms with van der Waals surface area (Å²) >= 11 is 0. The lowest BCUT2D eigenvalue weighted by Gasteiger charge is -2.10. The second kappa shape index (κ2) is 4.32. The van der Waals surface area contributed by atoms with Crippen molar-refractivity contribution < 1.29 is 4.79 Å². The van der Waals surface area contributed by atoms with Crippen LogP contribution in [-0.2, 0) is 4.79 Å². The molecule has 0 aliphatic rings. The highest BCUT2D eigenvalue weighted by atomic mass is 16.1. The minimum Gasteiger partial charge on any atom is -0.295 e. The van der Waals surface area contributed by atoms with E-state index in [0.29, 0.717) is 11.8 Å². The standard InChI is InChI=1S/C10H18O/c1-7(2)8(3)6-9(4)10(5)11/h6-8H,1-5H3/b9-6+. The maximum Gasteiger partial charge on any atom is 0.155 e. The monoisotopic (exact) mass is 154 g/mol. The highest BCUT2D eigenvalue weighted by Gasteiger charge is 2.05. The number of Topliss-reactive ketones (excluding diaryl/α,β-unsaturated/α-hetero) is 1. The molecule has 0 radical (unpaired) electrons. The first-order chi connectivity index (χ1) is 4.95. The molecular weight excluding hydrogens is 136 g/mol.